The highest BCUT2D eigenvalue weighted by molar-refractivity contribution is 5.89. The molecule has 0 fully saturated rings. The molecule has 0 aliphatic carbocycles. The Hall–Kier alpha value is -5.04. The highest BCUT2D eigenvalue weighted by Gasteiger charge is 2.13. The molecule has 5 rings (SSSR count). The van der Waals surface area contributed by atoms with Crippen LogP contribution in [0.4, 0.5) is 5.69 Å². The van der Waals surface area contributed by atoms with Gasteiger partial charge in [-0.25, -0.2) is 9.78 Å². The van der Waals surface area contributed by atoms with Crippen LogP contribution in [0.3, 0.4) is 0 Å². The van der Waals surface area contributed by atoms with Crippen molar-refractivity contribution in [2.45, 2.75) is 6.54 Å². The predicted octanol–water partition coefficient (Wildman–Crippen LogP) is 6.28. The standard InChI is InChI=1S/C29H21N3O4/c33-28(19-12-21-10-15-24(16-11-21)32(34)35)36-25-17-13-23(14-18-25)29-30-26-8-4-5-9-27(26)31(29)20-22-6-2-1-3-7-22/h1-19H,20H2/b19-12+. The minimum Gasteiger partial charge on any atom is -0.423 e. The van der Waals surface area contributed by atoms with Gasteiger partial charge in [0.05, 0.1) is 16.0 Å². The molecule has 0 unspecified atom stereocenters. The highest BCUT2D eigenvalue weighted by atomic mass is 16.6. The normalized spacial score (nSPS) is 11.1. The molecule has 0 bridgehead atoms. The fourth-order valence-electron chi connectivity index (χ4n) is 3.92. The minimum atomic E-state index is -0.544. The Labute approximate surface area is 207 Å². The summed E-state index contributed by atoms with van der Waals surface area (Å²) < 4.78 is 7.59. The molecule has 1 aromatic heterocycles. The van der Waals surface area contributed by atoms with E-state index in [1.807, 2.05) is 48.5 Å². The average Bonchev–Trinajstić information content (AvgIpc) is 3.27. The fourth-order valence-corrected chi connectivity index (χ4v) is 3.92. The van der Waals surface area contributed by atoms with Gasteiger partial charge in [0.25, 0.3) is 5.69 Å². The Kier molecular flexibility index (Phi) is 6.36. The van der Waals surface area contributed by atoms with E-state index < -0.39 is 10.9 Å². The van der Waals surface area contributed by atoms with Crippen molar-refractivity contribution in [2.24, 2.45) is 0 Å². The summed E-state index contributed by atoms with van der Waals surface area (Å²) >= 11 is 0. The lowest BCUT2D eigenvalue weighted by atomic mass is 10.2. The number of para-hydroxylation sites is 2. The quantitative estimate of drug-likeness (QED) is 0.0909. The van der Waals surface area contributed by atoms with Gasteiger partial charge in [0, 0.05) is 30.3 Å². The molecule has 0 N–H and O–H groups in total. The molecule has 4 aromatic carbocycles. The molecule has 1 heterocycles. The van der Waals surface area contributed by atoms with E-state index in [1.54, 1.807) is 30.3 Å². The molecule has 0 saturated carbocycles. The van der Waals surface area contributed by atoms with E-state index in [4.69, 9.17) is 9.72 Å². The Bertz CT molecular complexity index is 1550. The zero-order chi connectivity index (χ0) is 24.9. The maximum atomic E-state index is 12.3. The van der Waals surface area contributed by atoms with Crippen molar-refractivity contribution in [3.05, 3.63) is 130 Å². The van der Waals surface area contributed by atoms with E-state index in [1.165, 1.54) is 23.8 Å². The lowest BCUT2D eigenvalue weighted by Gasteiger charge is -2.10. The number of hydrogen-bond acceptors (Lipinski definition) is 5. The van der Waals surface area contributed by atoms with Gasteiger partial charge in [0.15, 0.2) is 0 Å². The van der Waals surface area contributed by atoms with E-state index in [9.17, 15) is 14.9 Å². The molecule has 7 nitrogen and oxygen atoms in total. The maximum Gasteiger partial charge on any atom is 0.336 e. The number of nitrogens with zero attached hydrogens (tertiary/aromatic N) is 3. The number of hydrogen-bond donors (Lipinski definition) is 0. The predicted molar refractivity (Wildman–Crippen MR) is 138 cm³/mol. The van der Waals surface area contributed by atoms with Crippen molar-refractivity contribution in [3.8, 4) is 17.1 Å². The Morgan fingerprint density at radius 1 is 0.889 bits per heavy atom. The van der Waals surface area contributed by atoms with E-state index >= 15 is 0 Å². The van der Waals surface area contributed by atoms with Crippen LogP contribution in [0.25, 0.3) is 28.5 Å². The summed E-state index contributed by atoms with van der Waals surface area (Å²) in [6.45, 7) is 0.681. The van der Waals surface area contributed by atoms with Gasteiger partial charge in [-0.1, -0.05) is 42.5 Å². The zero-order valence-electron chi connectivity index (χ0n) is 19.2. The largest absolute Gasteiger partial charge is 0.423 e. The molecule has 0 aliphatic heterocycles. The molecule has 0 radical (unpaired) electrons. The van der Waals surface area contributed by atoms with Crippen LogP contribution in [0.15, 0.2) is 109 Å². The van der Waals surface area contributed by atoms with Crippen LogP contribution in [0.1, 0.15) is 11.1 Å². The van der Waals surface area contributed by atoms with E-state index in [0.29, 0.717) is 17.9 Å². The molecule has 176 valence electrons. The summed E-state index contributed by atoms with van der Waals surface area (Å²) in [5, 5.41) is 10.8. The van der Waals surface area contributed by atoms with Crippen LogP contribution in [0, 0.1) is 10.1 Å². The Morgan fingerprint density at radius 3 is 2.31 bits per heavy atom. The van der Waals surface area contributed by atoms with Gasteiger partial charge in [-0.05, 0) is 65.7 Å². The fraction of sp³-hybridized carbons (Fsp3) is 0.0345. The molecule has 0 amide bonds. The van der Waals surface area contributed by atoms with E-state index in [0.717, 1.165) is 22.4 Å². The summed E-state index contributed by atoms with van der Waals surface area (Å²) in [4.78, 5) is 27.4. The van der Waals surface area contributed by atoms with Crippen molar-refractivity contribution in [1.82, 2.24) is 9.55 Å². The monoisotopic (exact) mass is 475 g/mol. The molecule has 0 saturated heterocycles. The van der Waals surface area contributed by atoms with E-state index in [2.05, 4.69) is 22.8 Å². The number of carbonyl (C=O) groups excluding carboxylic acids is 1. The highest BCUT2D eigenvalue weighted by Crippen LogP contribution is 2.27. The third-order valence-corrected chi connectivity index (χ3v) is 5.68. The van der Waals surface area contributed by atoms with Crippen LogP contribution in [0.5, 0.6) is 5.75 Å². The van der Waals surface area contributed by atoms with Gasteiger partial charge in [-0.3, -0.25) is 10.1 Å². The number of imidazole rings is 1. The lowest BCUT2D eigenvalue weighted by Crippen LogP contribution is -2.04. The van der Waals surface area contributed by atoms with Crippen molar-refractivity contribution in [3.63, 3.8) is 0 Å². The summed E-state index contributed by atoms with van der Waals surface area (Å²) in [5.74, 6) is 0.691. The van der Waals surface area contributed by atoms with Crippen LogP contribution in [0.2, 0.25) is 0 Å². The lowest BCUT2D eigenvalue weighted by molar-refractivity contribution is -0.384. The molecular formula is C29H21N3O4. The van der Waals surface area contributed by atoms with E-state index in [-0.39, 0.29) is 5.69 Å². The second-order valence-electron chi connectivity index (χ2n) is 8.12. The SMILES string of the molecule is O=C(/C=C/c1ccc([N+](=O)[O-])cc1)Oc1ccc(-c2nc3ccccc3n2Cc2ccccc2)cc1. The number of rotatable bonds is 7. The Balaban J connectivity index is 1.33. The zero-order valence-corrected chi connectivity index (χ0v) is 19.2. The van der Waals surface area contributed by atoms with Crippen molar-refractivity contribution >= 4 is 28.8 Å². The van der Waals surface area contributed by atoms with Crippen LogP contribution >= 0.6 is 0 Å². The Morgan fingerprint density at radius 2 is 1.58 bits per heavy atom. The maximum absolute atomic E-state index is 12.3. The topological polar surface area (TPSA) is 87.3 Å². The number of nitro groups is 1. The second-order valence-corrected chi connectivity index (χ2v) is 8.12. The van der Waals surface area contributed by atoms with Gasteiger partial charge in [0.2, 0.25) is 0 Å². The summed E-state index contributed by atoms with van der Waals surface area (Å²) in [5.41, 5.74) is 4.69. The summed E-state index contributed by atoms with van der Waals surface area (Å²) in [6.07, 6.45) is 2.83. The van der Waals surface area contributed by atoms with Gasteiger partial charge in [0.1, 0.15) is 11.6 Å². The number of nitro benzene ring substituents is 1. The van der Waals surface area contributed by atoms with Crippen molar-refractivity contribution < 1.29 is 14.5 Å². The summed E-state index contributed by atoms with van der Waals surface area (Å²) in [7, 11) is 0. The minimum absolute atomic E-state index is 0.00730. The first-order chi connectivity index (χ1) is 17.6. The number of esters is 1. The van der Waals surface area contributed by atoms with Gasteiger partial charge < -0.3 is 9.30 Å². The molecule has 7 heteroatoms. The first kappa shape index (κ1) is 22.7. The first-order valence-electron chi connectivity index (χ1n) is 11.3. The van der Waals surface area contributed by atoms with Crippen molar-refractivity contribution in [1.29, 1.82) is 0 Å². The molecule has 5 aromatic rings. The van der Waals surface area contributed by atoms with Crippen LogP contribution in [-0.2, 0) is 11.3 Å². The third-order valence-electron chi connectivity index (χ3n) is 5.68. The average molecular weight is 476 g/mol. The molecule has 0 aliphatic rings. The van der Waals surface area contributed by atoms with Crippen molar-refractivity contribution in [2.75, 3.05) is 0 Å². The number of carbonyl (C=O) groups is 1. The van der Waals surface area contributed by atoms with Crippen LogP contribution < -0.4 is 4.74 Å². The number of benzene rings is 4. The van der Waals surface area contributed by atoms with Gasteiger partial charge in [-0.2, -0.15) is 0 Å². The number of non-ortho nitro benzene ring substituents is 1. The smallest absolute Gasteiger partial charge is 0.336 e. The van der Waals surface area contributed by atoms with Gasteiger partial charge in [-0.15, -0.1) is 0 Å². The number of fused-ring (bicyclic) bond motifs is 1. The van der Waals surface area contributed by atoms with Gasteiger partial charge >= 0.3 is 5.97 Å². The number of aromatic nitrogens is 2. The molecule has 0 atom stereocenters. The molecular weight excluding hydrogens is 454 g/mol. The second kappa shape index (κ2) is 10.1. The third kappa shape index (κ3) is 5.05. The number of ether oxygens (including phenoxy) is 1. The van der Waals surface area contributed by atoms with Crippen LogP contribution in [-0.4, -0.2) is 20.4 Å². The summed E-state index contributed by atoms with van der Waals surface area (Å²) in [6, 6.07) is 31.4. The molecule has 36 heavy (non-hydrogen) atoms. The molecule has 0 spiro atoms. The first-order valence-corrected chi connectivity index (χ1v) is 11.3.